The van der Waals surface area contributed by atoms with Gasteiger partial charge < -0.3 is 10.1 Å². The Bertz CT molecular complexity index is 1360. The molecule has 3 aromatic carbocycles. The number of ether oxygens (including phenoxy) is 1. The second kappa shape index (κ2) is 11.0. The number of amides is 1. The first-order chi connectivity index (χ1) is 17.6. The van der Waals surface area contributed by atoms with Crippen LogP contribution in [0.2, 0.25) is 0 Å². The van der Waals surface area contributed by atoms with Crippen LogP contribution in [-0.4, -0.2) is 27.3 Å². The fourth-order valence-electron chi connectivity index (χ4n) is 3.46. The normalized spacial score (nSPS) is 12.4. The van der Waals surface area contributed by atoms with Crippen LogP contribution in [0.1, 0.15) is 30.4 Å². The molecule has 0 aliphatic heterocycles. The van der Waals surface area contributed by atoms with Crippen molar-refractivity contribution in [3.8, 4) is 23.1 Å². The molecule has 4 rings (SSSR count). The van der Waals surface area contributed by atoms with E-state index in [4.69, 9.17) is 16.3 Å². The van der Waals surface area contributed by atoms with E-state index < -0.39 is 23.0 Å². The summed E-state index contributed by atoms with van der Waals surface area (Å²) < 4.78 is 47.0. The molecule has 0 aliphatic rings. The van der Waals surface area contributed by atoms with Crippen molar-refractivity contribution in [1.82, 2.24) is 14.8 Å². The Morgan fingerprint density at radius 1 is 1.03 bits per heavy atom. The molecule has 6 nitrogen and oxygen atoms in total. The van der Waals surface area contributed by atoms with E-state index in [2.05, 4.69) is 15.4 Å². The molecular weight excluding hydrogens is 505 g/mol. The molecule has 1 atom stereocenters. The summed E-state index contributed by atoms with van der Waals surface area (Å²) in [5.41, 5.74) is 1.11. The second-order valence-electron chi connectivity index (χ2n) is 8.72. The zero-order valence-corrected chi connectivity index (χ0v) is 20.8. The van der Waals surface area contributed by atoms with Gasteiger partial charge in [-0.3, -0.25) is 4.79 Å². The van der Waals surface area contributed by atoms with E-state index in [-0.39, 0.29) is 23.3 Å². The Labute approximate surface area is 217 Å². The third-order valence-electron chi connectivity index (χ3n) is 5.28. The molecule has 0 bridgehead atoms. The molecule has 10 heteroatoms. The SMILES string of the molecule is CC(C)COc1nc(-c2cccc(C(F)(F)F)c2)n(-c2ccc(NC(=O)[C@@H](Cl)c3ccccc3)cc2)n1. The number of nitrogens with zero attached hydrogens (tertiary/aromatic N) is 3. The summed E-state index contributed by atoms with van der Waals surface area (Å²) >= 11 is 6.29. The molecule has 0 unspecified atom stereocenters. The number of carbonyl (C=O) groups excluding carboxylic acids is 1. The molecule has 192 valence electrons. The summed E-state index contributed by atoms with van der Waals surface area (Å²) in [6.07, 6.45) is -4.50. The summed E-state index contributed by atoms with van der Waals surface area (Å²) in [5, 5.41) is 6.26. The number of hydrogen-bond donors (Lipinski definition) is 1. The van der Waals surface area contributed by atoms with Crippen LogP contribution in [0.5, 0.6) is 6.01 Å². The molecule has 0 spiro atoms. The highest BCUT2D eigenvalue weighted by molar-refractivity contribution is 6.32. The lowest BCUT2D eigenvalue weighted by Gasteiger charge is -2.12. The highest BCUT2D eigenvalue weighted by atomic mass is 35.5. The summed E-state index contributed by atoms with van der Waals surface area (Å²) in [7, 11) is 0. The van der Waals surface area contributed by atoms with Crippen molar-refractivity contribution in [3.63, 3.8) is 0 Å². The number of alkyl halides is 4. The highest BCUT2D eigenvalue weighted by Crippen LogP contribution is 2.33. The molecule has 0 aliphatic carbocycles. The van der Waals surface area contributed by atoms with Crippen LogP contribution < -0.4 is 10.1 Å². The van der Waals surface area contributed by atoms with Gasteiger partial charge >= 0.3 is 12.2 Å². The highest BCUT2D eigenvalue weighted by Gasteiger charge is 2.31. The zero-order chi connectivity index (χ0) is 26.6. The van der Waals surface area contributed by atoms with Gasteiger partial charge in [0.15, 0.2) is 5.82 Å². The largest absolute Gasteiger partial charge is 0.462 e. The van der Waals surface area contributed by atoms with Gasteiger partial charge in [-0.25, -0.2) is 4.68 Å². The monoisotopic (exact) mass is 528 g/mol. The molecule has 1 aromatic heterocycles. The standard InChI is InChI=1S/C27H24ClF3N4O2/c1-17(2)16-37-26-33-24(19-9-6-10-20(15-19)27(29,30)31)35(34-26)22-13-11-21(12-14-22)32-25(36)23(28)18-7-4-3-5-8-18/h3-15,17,23H,16H2,1-2H3,(H,32,36)/t23-/m0/s1. The minimum Gasteiger partial charge on any atom is -0.462 e. The fraction of sp³-hybridized carbons (Fsp3) is 0.222. The average molecular weight is 529 g/mol. The van der Waals surface area contributed by atoms with Gasteiger partial charge in [-0.15, -0.1) is 16.7 Å². The summed E-state index contributed by atoms with van der Waals surface area (Å²) in [6, 6.07) is 20.5. The summed E-state index contributed by atoms with van der Waals surface area (Å²) in [4.78, 5) is 16.9. The molecule has 0 saturated heterocycles. The van der Waals surface area contributed by atoms with Crippen LogP contribution in [0.25, 0.3) is 17.1 Å². The number of halogens is 4. The zero-order valence-electron chi connectivity index (χ0n) is 20.0. The van der Waals surface area contributed by atoms with E-state index in [0.717, 1.165) is 12.1 Å². The van der Waals surface area contributed by atoms with Crippen molar-refractivity contribution in [2.45, 2.75) is 25.4 Å². The van der Waals surface area contributed by atoms with Crippen LogP contribution >= 0.6 is 11.6 Å². The van der Waals surface area contributed by atoms with Crippen molar-refractivity contribution < 1.29 is 22.7 Å². The predicted molar refractivity (Wildman–Crippen MR) is 136 cm³/mol. The molecule has 0 saturated carbocycles. The smallest absolute Gasteiger partial charge is 0.416 e. The Balaban J connectivity index is 1.62. The second-order valence-corrected chi connectivity index (χ2v) is 9.16. The lowest BCUT2D eigenvalue weighted by molar-refractivity contribution is -0.137. The number of hydrogen-bond acceptors (Lipinski definition) is 4. The topological polar surface area (TPSA) is 69.0 Å². The molecule has 1 N–H and O–H groups in total. The Morgan fingerprint density at radius 3 is 2.38 bits per heavy atom. The van der Waals surface area contributed by atoms with Gasteiger partial charge in [-0.05, 0) is 47.9 Å². The Kier molecular flexibility index (Phi) is 7.83. The average Bonchev–Trinajstić information content (AvgIpc) is 3.32. The predicted octanol–water partition coefficient (Wildman–Crippen LogP) is 6.91. The first-order valence-electron chi connectivity index (χ1n) is 11.5. The van der Waals surface area contributed by atoms with E-state index in [1.807, 2.05) is 19.9 Å². The van der Waals surface area contributed by atoms with Crippen molar-refractivity contribution in [3.05, 3.63) is 90.0 Å². The lowest BCUT2D eigenvalue weighted by atomic mass is 10.1. The maximum Gasteiger partial charge on any atom is 0.416 e. The molecule has 0 fully saturated rings. The molecule has 1 amide bonds. The maximum absolute atomic E-state index is 13.3. The van der Waals surface area contributed by atoms with E-state index in [0.29, 0.717) is 23.5 Å². The van der Waals surface area contributed by atoms with Gasteiger partial charge in [0.05, 0.1) is 17.9 Å². The van der Waals surface area contributed by atoms with Crippen LogP contribution in [-0.2, 0) is 11.0 Å². The molecular formula is C27H24ClF3N4O2. The first-order valence-corrected chi connectivity index (χ1v) is 11.9. The summed E-state index contributed by atoms with van der Waals surface area (Å²) in [5.74, 6) is -0.00422. The van der Waals surface area contributed by atoms with Gasteiger partial charge in [-0.1, -0.05) is 56.3 Å². The van der Waals surface area contributed by atoms with Crippen molar-refractivity contribution in [2.24, 2.45) is 5.92 Å². The number of benzene rings is 3. The third kappa shape index (κ3) is 6.48. The number of anilines is 1. The van der Waals surface area contributed by atoms with Gasteiger partial charge in [0.1, 0.15) is 5.38 Å². The quantitative estimate of drug-likeness (QED) is 0.252. The number of rotatable bonds is 8. The van der Waals surface area contributed by atoms with Gasteiger partial charge in [0.2, 0.25) is 5.91 Å². The van der Waals surface area contributed by atoms with Crippen LogP contribution in [0.3, 0.4) is 0 Å². The minimum atomic E-state index is -4.50. The van der Waals surface area contributed by atoms with E-state index in [1.54, 1.807) is 48.5 Å². The van der Waals surface area contributed by atoms with Gasteiger partial charge in [0.25, 0.3) is 0 Å². The molecule has 37 heavy (non-hydrogen) atoms. The lowest BCUT2D eigenvalue weighted by Crippen LogP contribution is -2.17. The van der Waals surface area contributed by atoms with Gasteiger partial charge in [0, 0.05) is 11.3 Å². The van der Waals surface area contributed by atoms with Crippen molar-refractivity contribution >= 4 is 23.2 Å². The number of nitrogens with one attached hydrogen (secondary N) is 1. The minimum absolute atomic E-state index is 0.0475. The van der Waals surface area contributed by atoms with Crippen LogP contribution in [0.4, 0.5) is 18.9 Å². The van der Waals surface area contributed by atoms with E-state index in [9.17, 15) is 18.0 Å². The maximum atomic E-state index is 13.3. The van der Waals surface area contributed by atoms with Gasteiger partial charge in [-0.2, -0.15) is 18.2 Å². The van der Waals surface area contributed by atoms with Crippen LogP contribution in [0, 0.1) is 5.92 Å². The van der Waals surface area contributed by atoms with Crippen molar-refractivity contribution in [1.29, 1.82) is 0 Å². The van der Waals surface area contributed by atoms with E-state index >= 15 is 0 Å². The Hall–Kier alpha value is -3.85. The Morgan fingerprint density at radius 2 is 1.73 bits per heavy atom. The molecule has 0 radical (unpaired) electrons. The van der Waals surface area contributed by atoms with Crippen molar-refractivity contribution in [2.75, 3.05) is 11.9 Å². The first kappa shape index (κ1) is 26.2. The molecule has 1 heterocycles. The number of aromatic nitrogens is 3. The summed E-state index contributed by atoms with van der Waals surface area (Å²) in [6.45, 7) is 4.26. The van der Waals surface area contributed by atoms with Crippen LogP contribution in [0.15, 0.2) is 78.9 Å². The number of carbonyl (C=O) groups is 1. The third-order valence-corrected chi connectivity index (χ3v) is 5.73. The fourth-order valence-corrected chi connectivity index (χ4v) is 3.66. The van der Waals surface area contributed by atoms with E-state index in [1.165, 1.54) is 16.8 Å². The molecule has 4 aromatic rings.